The minimum Gasteiger partial charge on any atom is -0.358 e. The van der Waals surface area contributed by atoms with Gasteiger partial charge in [-0.05, 0) is 32.0 Å². The van der Waals surface area contributed by atoms with Gasteiger partial charge in [0.2, 0.25) is 11.0 Å². The topological polar surface area (TPSA) is 112 Å². The van der Waals surface area contributed by atoms with Crippen LogP contribution in [-0.2, 0) is 11.2 Å². The molecule has 0 aliphatic rings. The Labute approximate surface area is 182 Å². The summed E-state index contributed by atoms with van der Waals surface area (Å²) >= 11 is 1.15. The Morgan fingerprint density at radius 2 is 1.87 bits per heavy atom. The number of hydrogen-bond donors (Lipinski definition) is 3. The Balaban J connectivity index is 1.33. The fourth-order valence-corrected chi connectivity index (χ4v) is 3.79. The number of amides is 2. The SMILES string of the molecule is Cc1ccc(C(=O)Nc2nnc(CC(=O)N/N=C\c3c(C)[nH]c4ccccc34)s2)cc1. The van der Waals surface area contributed by atoms with E-state index in [0.29, 0.717) is 15.7 Å². The first-order valence-corrected chi connectivity index (χ1v) is 10.4. The van der Waals surface area contributed by atoms with Gasteiger partial charge in [-0.25, -0.2) is 5.43 Å². The van der Waals surface area contributed by atoms with Gasteiger partial charge in [-0.3, -0.25) is 14.9 Å². The fraction of sp³-hybridized carbons (Fsp3) is 0.136. The van der Waals surface area contributed by atoms with Crippen molar-refractivity contribution in [1.29, 1.82) is 0 Å². The summed E-state index contributed by atoms with van der Waals surface area (Å²) < 4.78 is 0. The summed E-state index contributed by atoms with van der Waals surface area (Å²) in [6.45, 7) is 3.91. The molecule has 0 spiro atoms. The highest BCUT2D eigenvalue weighted by molar-refractivity contribution is 7.15. The lowest BCUT2D eigenvalue weighted by Gasteiger charge is -2.01. The Morgan fingerprint density at radius 1 is 1.10 bits per heavy atom. The second kappa shape index (κ2) is 8.88. The number of benzene rings is 2. The third-order valence-electron chi connectivity index (χ3n) is 4.64. The minimum atomic E-state index is -0.318. The first kappa shape index (κ1) is 20.4. The summed E-state index contributed by atoms with van der Waals surface area (Å²) in [5.74, 6) is -0.591. The zero-order chi connectivity index (χ0) is 21.8. The zero-order valence-corrected chi connectivity index (χ0v) is 17.8. The van der Waals surface area contributed by atoms with Crippen molar-refractivity contribution in [3.05, 3.63) is 75.9 Å². The predicted molar refractivity (Wildman–Crippen MR) is 122 cm³/mol. The number of aromatic nitrogens is 3. The maximum Gasteiger partial charge on any atom is 0.257 e. The van der Waals surface area contributed by atoms with E-state index in [-0.39, 0.29) is 18.2 Å². The molecule has 4 rings (SSSR count). The van der Waals surface area contributed by atoms with Crippen molar-refractivity contribution < 1.29 is 9.59 Å². The molecule has 31 heavy (non-hydrogen) atoms. The Hall–Kier alpha value is -3.85. The Bertz CT molecular complexity index is 1270. The summed E-state index contributed by atoms with van der Waals surface area (Å²) in [4.78, 5) is 27.7. The number of para-hydroxylation sites is 1. The van der Waals surface area contributed by atoms with Crippen LogP contribution >= 0.6 is 11.3 Å². The molecule has 8 nitrogen and oxygen atoms in total. The van der Waals surface area contributed by atoms with Gasteiger partial charge in [-0.2, -0.15) is 5.10 Å². The van der Waals surface area contributed by atoms with Crippen molar-refractivity contribution in [2.75, 3.05) is 5.32 Å². The molecule has 3 N–H and O–H groups in total. The van der Waals surface area contributed by atoms with Crippen LogP contribution in [-0.4, -0.2) is 33.2 Å². The number of H-pyrrole nitrogens is 1. The molecular weight excluding hydrogens is 412 g/mol. The van der Waals surface area contributed by atoms with E-state index in [1.54, 1.807) is 18.3 Å². The van der Waals surface area contributed by atoms with Crippen LogP contribution in [0.5, 0.6) is 0 Å². The van der Waals surface area contributed by atoms with Gasteiger partial charge >= 0.3 is 0 Å². The van der Waals surface area contributed by atoms with Gasteiger partial charge in [0.15, 0.2) is 0 Å². The third-order valence-corrected chi connectivity index (χ3v) is 5.48. The highest BCUT2D eigenvalue weighted by atomic mass is 32.1. The number of rotatable bonds is 6. The number of nitrogens with zero attached hydrogens (tertiary/aromatic N) is 3. The van der Waals surface area contributed by atoms with Crippen LogP contribution in [0.3, 0.4) is 0 Å². The number of hydrazone groups is 1. The van der Waals surface area contributed by atoms with E-state index in [9.17, 15) is 9.59 Å². The molecule has 0 fully saturated rings. The quantitative estimate of drug-likeness (QED) is 0.319. The molecule has 0 saturated heterocycles. The van der Waals surface area contributed by atoms with E-state index in [1.165, 1.54) is 0 Å². The molecule has 0 bridgehead atoms. The number of aryl methyl sites for hydroxylation is 2. The van der Waals surface area contributed by atoms with Crippen LogP contribution in [0.4, 0.5) is 5.13 Å². The molecule has 2 amide bonds. The number of anilines is 1. The van der Waals surface area contributed by atoms with Crippen LogP contribution in [0.2, 0.25) is 0 Å². The average Bonchev–Trinajstić information content (AvgIpc) is 3.32. The summed E-state index contributed by atoms with van der Waals surface area (Å²) in [6.07, 6.45) is 1.64. The molecule has 4 aromatic rings. The highest BCUT2D eigenvalue weighted by Crippen LogP contribution is 2.20. The molecule has 0 aliphatic carbocycles. The van der Waals surface area contributed by atoms with Gasteiger partial charge in [0, 0.05) is 27.7 Å². The zero-order valence-electron chi connectivity index (χ0n) is 17.0. The largest absolute Gasteiger partial charge is 0.358 e. The van der Waals surface area contributed by atoms with Crippen LogP contribution in [0.25, 0.3) is 10.9 Å². The van der Waals surface area contributed by atoms with E-state index >= 15 is 0 Å². The maximum absolute atomic E-state index is 12.3. The van der Waals surface area contributed by atoms with Crippen LogP contribution in [0, 0.1) is 13.8 Å². The van der Waals surface area contributed by atoms with E-state index in [4.69, 9.17) is 0 Å². The first-order chi connectivity index (χ1) is 15.0. The van der Waals surface area contributed by atoms with E-state index in [1.807, 2.05) is 50.2 Å². The second-order valence-electron chi connectivity index (χ2n) is 7.00. The molecule has 2 aromatic heterocycles. The summed E-state index contributed by atoms with van der Waals surface area (Å²) in [7, 11) is 0. The molecular formula is C22H20N6O2S. The van der Waals surface area contributed by atoms with Gasteiger partial charge in [-0.1, -0.05) is 47.2 Å². The molecule has 156 valence electrons. The van der Waals surface area contributed by atoms with E-state index in [0.717, 1.165) is 39.1 Å². The van der Waals surface area contributed by atoms with Gasteiger partial charge < -0.3 is 4.98 Å². The Kier molecular flexibility index (Phi) is 5.85. The van der Waals surface area contributed by atoms with Gasteiger partial charge in [0.1, 0.15) is 5.01 Å². The maximum atomic E-state index is 12.3. The monoisotopic (exact) mass is 432 g/mol. The molecule has 9 heteroatoms. The third kappa shape index (κ3) is 4.84. The Morgan fingerprint density at radius 3 is 2.68 bits per heavy atom. The van der Waals surface area contributed by atoms with Crippen molar-refractivity contribution in [3.8, 4) is 0 Å². The molecule has 0 atom stereocenters. The molecule has 0 unspecified atom stereocenters. The lowest BCUT2D eigenvalue weighted by molar-refractivity contribution is -0.120. The fourth-order valence-electron chi connectivity index (χ4n) is 3.06. The minimum absolute atomic E-state index is 0.0161. The summed E-state index contributed by atoms with van der Waals surface area (Å²) in [5, 5.41) is 16.5. The number of carbonyl (C=O) groups excluding carboxylic acids is 2. The van der Waals surface area contributed by atoms with Crippen molar-refractivity contribution >= 4 is 45.4 Å². The average molecular weight is 433 g/mol. The standard InChI is InChI=1S/C22H20N6O2S/c1-13-7-9-15(10-8-13)21(30)25-22-28-27-20(31-22)11-19(29)26-23-12-17-14(2)24-18-6-4-3-5-16(17)18/h3-10,12,24H,11H2,1-2H3,(H,26,29)(H,25,28,30)/b23-12-. The van der Waals surface area contributed by atoms with Crippen LogP contribution in [0.1, 0.15) is 32.2 Å². The van der Waals surface area contributed by atoms with Crippen molar-refractivity contribution in [2.24, 2.45) is 5.10 Å². The van der Waals surface area contributed by atoms with Crippen LogP contribution < -0.4 is 10.7 Å². The van der Waals surface area contributed by atoms with Crippen molar-refractivity contribution in [3.63, 3.8) is 0 Å². The molecule has 2 aromatic carbocycles. The lowest BCUT2D eigenvalue weighted by atomic mass is 10.1. The molecule has 0 radical (unpaired) electrons. The van der Waals surface area contributed by atoms with Crippen LogP contribution in [0.15, 0.2) is 53.6 Å². The van der Waals surface area contributed by atoms with Crippen molar-refractivity contribution in [1.82, 2.24) is 20.6 Å². The van der Waals surface area contributed by atoms with E-state index < -0.39 is 0 Å². The highest BCUT2D eigenvalue weighted by Gasteiger charge is 2.12. The first-order valence-electron chi connectivity index (χ1n) is 9.59. The van der Waals surface area contributed by atoms with Crippen molar-refractivity contribution in [2.45, 2.75) is 20.3 Å². The normalized spacial score (nSPS) is 11.2. The lowest BCUT2D eigenvalue weighted by Crippen LogP contribution is -2.19. The number of hydrogen-bond acceptors (Lipinski definition) is 6. The summed E-state index contributed by atoms with van der Waals surface area (Å²) in [5.41, 5.74) is 7.02. The number of nitrogens with one attached hydrogen (secondary N) is 3. The molecule has 0 saturated carbocycles. The second-order valence-corrected chi connectivity index (χ2v) is 8.06. The molecule has 2 heterocycles. The van der Waals surface area contributed by atoms with E-state index in [2.05, 4.69) is 31.0 Å². The summed E-state index contributed by atoms with van der Waals surface area (Å²) in [6, 6.07) is 15.1. The van der Waals surface area contributed by atoms with Gasteiger partial charge in [-0.15, -0.1) is 10.2 Å². The molecule has 0 aliphatic heterocycles. The number of carbonyl (C=O) groups is 2. The number of fused-ring (bicyclic) bond motifs is 1. The van der Waals surface area contributed by atoms with Gasteiger partial charge in [0.25, 0.3) is 5.91 Å². The van der Waals surface area contributed by atoms with Gasteiger partial charge in [0.05, 0.1) is 12.6 Å². The number of aromatic amines is 1. The smallest absolute Gasteiger partial charge is 0.257 e. The predicted octanol–water partition coefficient (Wildman–Crippen LogP) is 3.58.